The molecule has 0 aliphatic carbocycles. The van der Waals surface area contributed by atoms with Gasteiger partial charge in [0.2, 0.25) is 5.91 Å². The lowest BCUT2D eigenvalue weighted by Crippen LogP contribution is -2.58. The first-order chi connectivity index (χ1) is 7.93. The Morgan fingerprint density at radius 3 is 2.59 bits per heavy atom. The molecule has 6 heteroatoms. The van der Waals surface area contributed by atoms with E-state index in [0.29, 0.717) is 6.61 Å². The van der Waals surface area contributed by atoms with Crippen molar-refractivity contribution in [3.8, 4) is 0 Å². The highest BCUT2D eigenvalue weighted by molar-refractivity contribution is 5.73. The van der Waals surface area contributed by atoms with Crippen molar-refractivity contribution in [2.75, 3.05) is 13.7 Å². The Bertz CT molecular complexity index is 306. The van der Waals surface area contributed by atoms with E-state index in [1.54, 1.807) is 7.11 Å². The van der Waals surface area contributed by atoms with Gasteiger partial charge in [-0.25, -0.2) is 0 Å². The molecule has 1 amide bonds. The van der Waals surface area contributed by atoms with Crippen molar-refractivity contribution in [2.24, 2.45) is 0 Å². The van der Waals surface area contributed by atoms with E-state index in [1.165, 1.54) is 6.92 Å². The average molecular weight is 245 g/mol. The van der Waals surface area contributed by atoms with E-state index in [1.807, 2.05) is 13.8 Å². The van der Waals surface area contributed by atoms with E-state index in [0.717, 1.165) is 0 Å². The predicted molar refractivity (Wildman–Crippen MR) is 58.2 cm³/mol. The van der Waals surface area contributed by atoms with Crippen LogP contribution in [0.4, 0.5) is 0 Å². The van der Waals surface area contributed by atoms with Crippen LogP contribution in [0.5, 0.6) is 0 Å². The molecule has 1 N–H and O–H groups in total. The van der Waals surface area contributed by atoms with Crippen LogP contribution in [0, 0.1) is 0 Å². The van der Waals surface area contributed by atoms with Crippen molar-refractivity contribution in [2.45, 2.75) is 51.1 Å². The van der Waals surface area contributed by atoms with Gasteiger partial charge >= 0.3 is 0 Å². The summed E-state index contributed by atoms with van der Waals surface area (Å²) in [5.41, 5.74) is 0. The SMILES string of the molecule is CO[C@@H]1OC[C@H](NC(C)=O)[C@@H]2OC(C)(C)O[C@H]12. The molecule has 2 saturated heterocycles. The fourth-order valence-electron chi connectivity index (χ4n) is 2.31. The van der Waals surface area contributed by atoms with Gasteiger partial charge in [0.15, 0.2) is 12.1 Å². The molecule has 0 bridgehead atoms. The van der Waals surface area contributed by atoms with Gasteiger partial charge in [-0.05, 0) is 13.8 Å². The van der Waals surface area contributed by atoms with Crippen molar-refractivity contribution >= 4 is 5.91 Å². The molecule has 17 heavy (non-hydrogen) atoms. The summed E-state index contributed by atoms with van der Waals surface area (Å²) in [6.45, 7) is 5.50. The van der Waals surface area contributed by atoms with E-state index >= 15 is 0 Å². The first-order valence-corrected chi connectivity index (χ1v) is 5.70. The van der Waals surface area contributed by atoms with Gasteiger partial charge in [-0.2, -0.15) is 0 Å². The maximum atomic E-state index is 11.1. The lowest BCUT2D eigenvalue weighted by Gasteiger charge is -2.36. The Morgan fingerprint density at radius 1 is 1.35 bits per heavy atom. The smallest absolute Gasteiger partial charge is 0.217 e. The van der Waals surface area contributed by atoms with E-state index < -0.39 is 12.1 Å². The fraction of sp³-hybridized carbons (Fsp3) is 0.909. The maximum Gasteiger partial charge on any atom is 0.217 e. The molecule has 0 aromatic carbocycles. The van der Waals surface area contributed by atoms with Gasteiger partial charge in [0.1, 0.15) is 12.2 Å². The molecule has 0 saturated carbocycles. The van der Waals surface area contributed by atoms with E-state index in [9.17, 15) is 4.79 Å². The minimum atomic E-state index is -0.684. The lowest BCUT2D eigenvalue weighted by molar-refractivity contribution is -0.223. The third-order valence-corrected chi connectivity index (χ3v) is 2.89. The summed E-state index contributed by atoms with van der Waals surface area (Å²) < 4.78 is 22.3. The molecule has 2 aliphatic rings. The number of carbonyl (C=O) groups excluding carboxylic acids is 1. The fourth-order valence-corrected chi connectivity index (χ4v) is 2.31. The second kappa shape index (κ2) is 4.53. The normalized spacial score (nSPS) is 39.8. The summed E-state index contributed by atoms with van der Waals surface area (Å²) in [5.74, 6) is -0.794. The van der Waals surface area contributed by atoms with Crippen molar-refractivity contribution < 1.29 is 23.7 Å². The zero-order valence-electron chi connectivity index (χ0n) is 10.6. The number of methoxy groups -OCH3 is 1. The number of nitrogens with one attached hydrogen (secondary N) is 1. The number of amides is 1. The second-order valence-corrected chi connectivity index (χ2v) is 4.81. The van der Waals surface area contributed by atoms with Crippen LogP contribution in [0.2, 0.25) is 0 Å². The topological polar surface area (TPSA) is 66.0 Å². The summed E-state index contributed by atoms with van der Waals surface area (Å²) in [7, 11) is 1.56. The van der Waals surface area contributed by atoms with Crippen molar-refractivity contribution in [1.29, 1.82) is 0 Å². The second-order valence-electron chi connectivity index (χ2n) is 4.81. The molecule has 0 radical (unpaired) electrons. The molecule has 98 valence electrons. The van der Waals surface area contributed by atoms with Gasteiger partial charge in [-0.15, -0.1) is 0 Å². The number of hydrogen-bond donors (Lipinski definition) is 1. The molecule has 0 aromatic heterocycles. The van der Waals surface area contributed by atoms with Crippen LogP contribution in [-0.4, -0.2) is 50.0 Å². The van der Waals surface area contributed by atoms with Crippen molar-refractivity contribution in [1.82, 2.24) is 5.32 Å². The monoisotopic (exact) mass is 245 g/mol. The summed E-state index contributed by atoms with van der Waals surface area (Å²) in [5, 5.41) is 2.81. The Labute approximate surface area is 101 Å². The number of rotatable bonds is 2. The van der Waals surface area contributed by atoms with Gasteiger partial charge in [-0.1, -0.05) is 0 Å². The third-order valence-electron chi connectivity index (χ3n) is 2.89. The summed E-state index contributed by atoms with van der Waals surface area (Å²) in [4.78, 5) is 11.1. The van der Waals surface area contributed by atoms with Crippen molar-refractivity contribution in [3.63, 3.8) is 0 Å². The molecule has 2 rings (SSSR count). The Balaban J connectivity index is 2.12. The van der Waals surface area contributed by atoms with Crippen LogP contribution in [0.15, 0.2) is 0 Å². The zero-order valence-corrected chi connectivity index (χ0v) is 10.6. The molecular formula is C11H19NO5. The zero-order chi connectivity index (χ0) is 12.6. The quantitative estimate of drug-likeness (QED) is 0.742. The summed E-state index contributed by atoms with van der Waals surface area (Å²) in [6, 6.07) is -0.203. The number of ether oxygens (including phenoxy) is 4. The Hall–Kier alpha value is -0.690. The highest BCUT2D eigenvalue weighted by Crippen LogP contribution is 2.35. The molecule has 0 unspecified atom stereocenters. The van der Waals surface area contributed by atoms with Crippen LogP contribution in [0.25, 0.3) is 0 Å². The van der Waals surface area contributed by atoms with Crippen LogP contribution >= 0.6 is 0 Å². The average Bonchev–Trinajstić information content (AvgIpc) is 2.53. The molecule has 0 spiro atoms. The lowest BCUT2D eigenvalue weighted by atomic mass is 10.0. The molecular weight excluding hydrogens is 226 g/mol. The first-order valence-electron chi connectivity index (χ1n) is 5.70. The van der Waals surface area contributed by atoms with E-state index in [-0.39, 0.29) is 24.2 Å². The van der Waals surface area contributed by atoms with Gasteiger partial charge in [0.25, 0.3) is 0 Å². The molecule has 0 aromatic rings. The maximum absolute atomic E-state index is 11.1. The Kier molecular flexibility index (Phi) is 3.40. The van der Waals surface area contributed by atoms with Crippen LogP contribution in [-0.2, 0) is 23.7 Å². The van der Waals surface area contributed by atoms with E-state index in [2.05, 4.69) is 5.32 Å². The number of hydrogen-bond acceptors (Lipinski definition) is 5. The predicted octanol–water partition coefficient (Wildman–Crippen LogP) is 0.0139. The highest BCUT2D eigenvalue weighted by Gasteiger charge is 2.52. The van der Waals surface area contributed by atoms with Crippen LogP contribution in [0.3, 0.4) is 0 Å². The third kappa shape index (κ3) is 2.60. The van der Waals surface area contributed by atoms with Gasteiger partial charge in [-0.3, -0.25) is 4.79 Å². The Morgan fingerprint density at radius 2 is 2.00 bits per heavy atom. The summed E-state index contributed by atoms with van der Waals surface area (Å²) >= 11 is 0. The number of fused-ring (bicyclic) bond motifs is 1. The highest BCUT2D eigenvalue weighted by atomic mass is 16.8. The number of carbonyl (C=O) groups is 1. The summed E-state index contributed by atoms with van der Waals surface area (Å²) in [6.07, 6.45) is -1.01. The van der Waals surface area contributed by atoms with Gasteiger partial charge in [0, 0.05) is 14.0 Å². The minimum absolute atomic E-state index is 0.110. The van der Waals surface area contributed by atoms with Crippen LogP contribution < -0.4 is 5.32 Å². The molecule has 2 aliphatic heterocycles. The molecule has 2 heterocycles. The van der Waals surface area contributed by atoms with Crippen LogP contribution in [0.1, 0.15) is 20.8 Å². The van der Waals surface area contributed by atoms with E-state index in [4.69, 9.17) is 18.9 Å². The van der Waals surface area contributed by atoms with Gasteiger partial charge in [0.05, 0.1) is 12.6 Å². The first kappa shape index (κ1) is 12.8. The van der Waals surface area contributed by atoms with Gasteiger partial charge < -0.3 is 24.3 Å². The molecule has 6 nitrogen and oxygen atoms in total. The minimum Gasteiger partial charge on any atom is -0.353 e. The standard InChI is InChI=1S/C11H19NO5/c1-6(13)12-7-5-15-10(14-4)9-8(7)16-11(2,3)17-9/h7-10H,5H2,1-4H3,(H,12,13)/t7-,8-,9-,10+/m0/s1. The van der Waals surface area contributed by atoms with Crippen molar-refractivity contribution in [3.05, 3.63) is 0 Å². The largest absolute Gasteiger partial charge is 0.353 e. The molecule has 4 atom stereocenters. The molecule has 2 fully saturated rings.